The van der Waals surface area contributed by atoms with Gasteiger partial charge in [0.15, 0.2) is 0 Å². The van der Waals surface area contributed by atoms with Crippen LogP contribution in [0.1, 0.15) is 62.8 Å². The number of carbonyl (C=O) groups is 2. The Morgan fingerprint density at radius 2 is 1.84 bits per heavy atom. The lowest BCUT2D eigenvalue weighted by Gasteiger charge is -2.31. The van der Waals surface area contributed by atoms with Crippen LogP contribution in [-0.2, 0) is 38.3 Å². The zero-order chi connectivity index (χ0) is 26.8. The number of halogens is 1. The van der Waals surface area contributed by atoms with Crippen molar-refractivity contribution in [2.45, 2.75) is 71.4 Å². The molecule has 0 spiro atoms. The van der Waals surface area contributed by atoms with E-state index in [0.717, 1.165) is 24.8 Å². The van der Waals surface area contributed by atoms with E-state index in [9.17, 15) is 14.9 Å². The van der Waals surface area contributed by atoms with Crippen molar-refractivity contribution in [3.8, 4) is 11.8 Å². The molecule has 2 aromatic rings. The van der Waals surface area contributed by atoms with Gasteiger partial charge in [-0.3, -0.25) is 9.59 Å². The molecule has 0 aliphatic heterocycles. The lowest BCUT2D eigenvalue weighted by atomic mass is 9.88. The van der Waals surface area contributed by atoms with Gasteiger partial charge in [-0.1, -0.05) is 30.3 Å². The van der Waals surface area contributed by atoms with E-state index in [1.807, 2.05) is 0 Å². The molecule has 0 saturated carbocycles. The lowest BCUT2D eigenvalue weighted by Crippen LogP contribution is -2.47. The molecule has 0 unspecified atom stereocenters. The van der Waals surface area contributed by atoms with Crippen LogP contribution in [0, 0.1) is 17.2 Å². The standard InChI is InChI=1S/C30H38N2O5.ClH/c1-5-35-29(34)13-11-22-10-12-26(18-31)28(16-22)36-20-27(37-21(2)33)19-32-30(3,4)17-23-14-24-8-6-7-9-25(24)15-23;/h6-10,12,16,23,27,32H,5,11,13-15,17,19-20H2,1-4H3;1H/t27-;/m0./s1. The van der Waals surface area contributed by atoms with Crippen molar-refractivity contribution < 1.29 is 23.8 Å². The van der Waals surface area contributed by atoms with Crippen molar-refractivity contribution in [3.63, 3.8) is 0 Å². The maximum Gasteiger partial charge on any atom is 0.306 e. The predicted octanol–water partition coefficient (Wildman–Crippen LogP) is 4.96. The molecular formula is C30H39ClN2O5. The van der Waals surface area contributed by atoms with Gasteiger partial charge in [-0.15, -0.1) is 12.4 Å². The molecule has 2 aromatic carbocycles. The second kappa shape index (κ2) is 14.8. The number of hydrogen-bond acceptors (Lipinski definition) is 7. The second-order valence-corrected chi connectivity index (χ2v) is 10.3. The van der Waals surface area contributed by atoms with Crippen LogP contribution in [0.25, 0.3) is 0 Å². The SMILES string of the molecule is CCOC(=O)CCc1ccc(C#N)c(OC[C@H](CNC(C)(C)CC2Cc3ccccc3C2)OC(C)=O)c1.Cl. The van der Waals surface area contributed by atoms with Gasteiger partial charge < -0.3 is 19.5 Å². The van der Waals surface area contributed by atoms with Crippen LogP contribution in [0.2, 0.25) is 0 Å². The van der Waals surface area contributed by atoms with Crippen molar-refractivity contribution in [3.05, 3.63) is 64.7 Å². The topological polar surface area (TPSA) is 97.7 Å². The fraction of sp³-hybridized carbons (Fsp3) is 0.500. The predicted molar refractivity (Wildman–Crippen MR) is 148 cm³/mol. The van der Waals surface area contributed by atoms with E-state index in [1.54, 1.807) is 25.1 Å². The number of esters is 2. The Morgan fingerprint density at radius 1 is 1.16 bits per heavy atom. The number of carbonyl (C=O) groups excluding carboxylic acids is 2. The van der Waals surface area contributed by atoms with Crippen LogP contribution in [-0.4, -0.2) is 43.3 Å². The first-order valence-electron chi connectivity index (χ1n) is 13.0. The molecule has 0 radical (unpaired) electrons. The van der Waals surface area contributed by atoms with E-state index in [2.05, 4.69) is 49.5 Å². The van der Waals surface area contributed by atoms with E-state index in [-0.39, 0.29) is 42.9 Å². The van der Waals surface area contributed by atoms with Crippen molar-refractivity contribution in [2.24, 2.45) is 5.92 Å². The van der Waals surface area contributed by atoms with Gasteiger partial charge in [0, 0.05) is 25.4 Å². The van der Waals surface area contributed by atoms with Crippen LogP contribution < -0.4 is 10.1 Å². The Morgan fingerprint density at radius 3 is 2.45 bits per heavy atom. The van der Waals surface area contributed by atoms with E-state index >= 15 is 0 Å². The Hall–Kier alpha value is -3.08. The summed E-state index contributed by atoms with van der Waals surface area (Å²) in [7, 11) is 0. The number of rotatable bonds is 13. The third kappa shape index (κ3) is 9.66. The van der Waals surface area contributed by atoms with Gasteiger partial charge in [0.1, 0.15) is 24.5 Å². The maximum atomic E-state index is 11.8. The average Bonchev–Trinajstić information content (AvgIpc) is 3.26. The summed E-state index contributed by atoms with van der Waals surface area (Å²) < 4.78 is 16.5. The van der Waals surface area contributed by atoms with Crippen molar-refractivity contribution in [1.82, 2.24) is 5.32 Å². The van der Waals surface area contributed by atoms with Crippen LogP contribution in [0.15, 0.2) is 42.5 Å². The number of nitriles is 1. The molecule has 0 bridgehead atoms. The number of aryl methyl sites for hydroxylation is 1. The summed E-state index contributed by atoms with van der Waals surface area (Å²) in [6, 6.07) is 16.0. The largest absolute Gasteiger partial charge is 0.488 e. The zero-order valence-electron chi connectivity index (χ0n) is 22.7. The number of fused-ring (bicyclic) bond motifs is 1. The molecule has 1 aliphatic rings. The number of hydrogen-bond donors (Lipinski definition) is 1. The van der Waals surface area contributed by atoms with Gasteiger partial charge in [0.05, 0.1) is 12.2 Å². The highest BCUT2D eigenvalue weighted by atomic mass is 35.5. The molecule has 0 aromatic heterocycles. The highest BCUT2D eigenvalue weighted by molar-refractivity contribution is 5.85. The monoisotopic (exact) mass is 542 g/mol. The Bertz CT molecular complexity index is 1100. The molecule has 7 nitrogen and oxygen atoms in total. The van der Waals surface area contributed by atoms with Gasteiger partial charge in [0.25, 0.3) is 0 Å². The van der Waals surface area contributed by atoms with Gasteiger partial charge in [-0.25, -0.2) is 0 Å². The molecular weight excluding hydrogens is 504 g/mol. The minimum Gasteiger partial charge on any atom is -0.488 e. The fourth-order valence-corrected chi connectivity index (χ4v) is 4.94. The number of nitrogens with one attached hydrogen (secondary N) is 1. The Balaban J connectivity index is 0.00000507. The molecule has 0 amide bonds. The summed E-state index contributed by atoms with van der Waals surface area (Å²) in [5, 5.41) is 13.1. The van der Waals surface area contributed by atoms with Crippen LogP contribution in [0.3, 0.4) is 0 Å². The molecule has 38 heavy (non-hydrogen) atoms. The number of nitrogens with zero attached hydrogens (tertiary/aromatic N) is 1. The Kier molecular flexibility index (Phi) is 12.1. The zero-order valence-corrected chi connectivity index (χ0v) is 23.6. The molecule has 0 saturated heterocycles. The highest BCUT2D eigenvalue weighted by Gasteiger charge is 2.29. The molecule has 1 N–H and O–H groups in total. The summed E-state index contributed by atoms with van der Waals surface area (Å²) in [5.41, 5.74) is 3.97. The summed E-state index contributed by atoms with van der Waals surface area (Å²) >= 11 is 0. The van der Waals surface area contributed by atoms with Gasteiger partial charge in [-0.05, 0) is 81.2 Å². The first-order valence-corrected chi connectivity index (χ1v) is 13.0. The fourth-order valence-electron chi connectivity index (χ4n) is 4.94. The molecule has 1 aliphatic carbocycles. The van der Waals surface area contributed by atoms with E-state index in [4.69, 9.17) is 14.2 Å². The summed E-state index contributed by atoms with van der Waals surface area (Å²) in [5.74, 6) is 0.324. The van der Waals surface area contributed by atoms with Crippen molar-refractivity contribution in [1.29, 1.82) is 5.26 Å². The van der Waals surface area contributed by atoms with Gasteiger partial charge in [0.2, 0.25) is 0 Å². The number of ether oxygens (including phenoxy) is 3. The minimum atomic E-state index is -0.521. The maximum absolute atomic E-state index is 11.8. The first-order chi connectivity index (χ1) is 17.7. The number of benzene rings is 2. The van der Waals surface area contributed by atoms with Crippen LogP contribution >= 0.6 is 12.4 Å². The van der Waals surface area contributed by atoms with E-state index in [0.29, 0.717) is 36.8 Å². The smallest absolute Gasteiger partial charge is 0.306 e. The van der Waals surface area contributed by atoms with Crippen LogP contribution in [0.4, 0.5) is 0 Å². The Labute approximate surface area is 232 Å². The molecule has 206 valence electrons. The normalized spacial score (nSPS) is 13.6. The minimum absolute atomic E-state index is 0. The average molecular weight is 543 g/mol. The third-order valence-electron chi connectivity index (χ3n) is 6.59. The van der Waals surface area contributed by atoms with Crippen molar-refractivity contribution >= 4 is 24.3 Å². The quantitative estimate of drug-likeness (QED) is 0.357. The summed E-state index contributed by atoms with van der Waals surface area (Å²) in [4.78, 5) is 23.5. The first kappa shape index (κ1) is 31.1. The summed E-state index contributed by atoms with van der Waals surface area (Å²) in [6.07, 6.45) is 3.38. The molecule has 3 rings (SSSR count). The van der Waals surface area contributed by atoms with Crippen LogP contribution in [0.5, 0.6) is 5.75 Å². The van der Waals surface area contributed by atoms with E-state index in [1.165, 1.54) is 18.1 Å². The lowest BCUT2D eigenvalue weighted by molar-refractivity contribution is -0.148. The molecule has 8 heteroatoms. The molecule has 0 fully saturated rings. The van der Waals surface area contributed by atoms with Crippen molar-refractivity contribution in [2.75, 3.05) is 19.8 Å². The third-order valence-corrected chi connectivity index (χ3v) is 6.59. The molecule has 0 heterocycles. The summed E-state index contributed by atoms with van der Waals surface area (Å²) in [6.45, 7) is 8.37. The highest BCUT2D eigenvalue weighted by Crippen LogP contribution is 2.32. The van der Waals surface area contributed by atoms with Gasteiger partial charge in [-0.2, -0.15) is 5.26 Å². The second-order valence-electron chi connectivity index (χ2n) is 10.3. The van der Waals surface area contributed by atoms with Gasteiger partial charge >= 0.3 is 11.9 Å². The molecule has 1 atom stereocenters. The van der Waals surface area contributed by atoms with E-state index < -0.39 is 6.10 Å².